The third kappa shape index (κ3) is 9.05. The minimum absolute atomic E-state index is 0.281. The molecule has 0 heterocycles. The number of carbonyl (C=O) groups is 1. The normalized spacial score (nSPS) is 12.6. The maximum Gasteiger partial charge on any atom is 0.412 e. The lowest BCUT2D eigenvalue weighted by molar-refractivity contribution is 0.0636. The van der Waals surface area contributed by atoms with Gasteiger partial charge in [0, 0.05) is 31.5 Å². The van der Waals surface area contributed by atoms with Crippen molar-refractivity contribution < 1.29 is 19.0 Å². The van der Waals surface area contributed by atoms with Crippen molar-refractivity contribution >= 4 is 11.8 Å². The molecule has 1 aromatic carbocycles. The number of carbonyl (C=O) groups excluding carboxylic acids is 1. The van der Waals surface area contributed by atoms with Crippen LogP contribution in [-0.4, -0.2) is 44.6 Å². The van der Waals surface area contributed by atoms with Crippen LogP contribution in [0.3, 0.4) is 0 Å². The molecule has 0 aromatic heterocycles. The Morgan fingerprint density at radius 1 is 1.30 bits per heavy atom. The van der Waals surface area contributed by atoms with Gasteiger partial charge in [-0.1, -0.05) is 6.07 Å². The van der Waals surface area contributed by atoms with Crippen LogP contribution < -0.4 is 15.4 Å². The second-order valence-corrected chi connectivity index (χ2v) is 6.31. The van der Waals surface area contributed by atoms with Gasteiger partial charge < -0.3 is 19.5 Å². The van der Waals surface area contributed by atoms with Gasteiger partial charge in [0.05, 0.1) is 6.61 Å². The van der Waals surface area contributed by atoms with Crippen LogP contribution in [0.5, 0.6) is 5.75 Å². The second kappa shape index (κ2) is 9.37. The highest BCUT2D eigenvalue weighted by atomic mass is 16.6. The molecule has 1 amide bonds. The van der Waals surface area contributed by atoms with Crippen molar-refractivity contribution in [3.05, 3.63) is 24.3 Å². The fraction of sp³-hybridized carbons (Fsp3) is 0.588. The molecule has 0 aliphatic rings. The van der Waals surface area contributed by atoms with E-state index >= 15 is 0 Å². The van der Waals surface area contributed by atoms with Gasteiger partial charge in [-0.3, -0.25) is 5.32 Å². The van der Waals surface area contributed by atoms with Crippen LogP contribution in [0, 0.1) is 0 Å². The zero-order valence-electron chi connectivity index (χ0n) is 14.6. The van der Waals surface area contributed by atoms with Gasteiger partial charge in [-0.15, -0.1) is 0 Å². The van der Waals surface area contributed by atoms with E-state index in [4.69, 9.17) is 14.2 Å². The molecule has 1 atom stereocenters. The van der Waals surface area contributed by atoms with E-state index in [0.29, 0.717) is 31.2 Å². The van der Waals surface area contributed by atoms with Gasteiger partial charge >= 0.3 is 6.09 Å². The molecule has 0 saturated carbocycles. The molecule has 6 heteroatoms. The van der Waals surface area contributed by atoms with E-state index in [1.54, 1.807) is 19.2 Å². The molecule has 0 aliphatic heterocycles. The molecular weight excluding hydrogens is 296 g/mol. The Morgan fingerprint density at radius 2 is 2.04 bits per heavy atom. The Labute approximate surface area is 138 Å². The number of nitrogens with one attached hydrogen (secondary N) is 2. The summed E-state index contributed by atoms with van der Waals surface area (Å²) in [5.41, 5.74) is 0.111. The summed E-state index contributed by atoms with van der Waals surface area (Å²) < 4.78 is 15.9. The first-order valence-electron chi connectivity index (χ1n) is 7.75. The van der Waals surface area contributed by atoms with Crippen molar-refractivity contribution in [1.29, 1.82) is 0 Å². The first-order valence-corrected chi connectivity index (χ1v) is 7.75. The van der Waals surface area contributed by atoms with Gasteiger partial charge in [0.2, 0.25) is 0 Å². The van der Waals surface area contributed by atoms with Crippen LogP contribution >= 0.6 is 0 Å². The molecule has 0 saturated heterocycles. The number of hydrogen-bond acceptors (Lipinski definition) is 5. The van der Waals surface area contributed by atoms with Crippen molar-refractivity contribution in [3.8, 4) is 5.75 Å². The highest BCUT2D eigenvalue weighted by Gasteiger charge is 2.16. The lowest BCUT2D eigenvalue weighted by Gasteiger charge is -2.19. The quantitative estimate of drug-likeness (QED) is 0.719. The molecule has 1 unspecified atom stereocenters. The zero-order valence-corrected chi connectivity index (χ0v) is 14.6. The Balaban J connectivity index is 2.40. The van der Waals surface area contributed by atoms with E-state index in [2.05, 4.69) is 17.6 Å². The van der Waals surface area contributed by atoms with Crippen molar-refractivity contribution in [1.82, 2.24) is 5.32 Å². The summed E-state index contributed by atoms with van der Waals surface area (Å²) in [5.74, 6) is 0.694. The van der Waals surface area contributed by atoms with Crippen LogP contribution in [0.25, 0.3) is 0 Å². The maximum atomic E-state index is 11.7. The number of rotatable bonds is 8. The molecule has 1 rings (SSSR count). The summed E-state index contributed by atoms with van der Waals surface area (Å²) in [5, 5.41) is 5.98. The van der Waals surface area contributed by atoms with E-state index < -0.39 is 11.7 Å². The lowest BCUT2D eigenvalue weighted by atomic mass is 10.2. The van der Waals surface area contributed by atoms with Crippen LogP contribution in [-0.2, 0) is 9.47 Å². The summed E-state index contributed by atoms with van der Waals surface area (Å²) in [6.45, 7) is 9.43. The molecule has 0 spiro atoms. The van der Waals surface area contributed by atoms with Crippen LogP contribution in [0.2, 0.25) is 0 Å². The summed E-state index contributed by atoms with van der Waals surface area (Å²) in [4.78, 5) is 11.7. The summed E-state index contributed by atoms with van der Waals surface area (Å²) in [6.07, 6.45) is -0.482. The molecule has 130 valence electrons. The smallest absolute Gasteiger partial charge is 0.412 e. The van der Waals surface area contributed by atoms with Gasteiger partial charge in [-0.05, 0) is 39.8 Å². The molecule has 0 fully saturated rings. The van der Waals surface area contributed by atoms with Crippen LogP contribution in [0.15, 0.2) is 24.3 Å². The highest BCUT2D eigenvalue weighted by Crippen LogP contribution is 2.18. The number of anilines is 1. The molecule has 23 heavy (non-hydrogen) atoms. The predicted octanol–water partition coefficient (Wildman–Crippen LogP) is 3.04. The van der Waals surface area contributed by atoms with Gasteiger partial charge in [0.25, 0.3) is 0 Å². The number of methoxy groups -OCH3 is 1. The molecular formula is C17H28N2O4. The Kier molecular flexibility index (Phi) is 7.85. The standard InChI is InChI=1S/C17H28N2O4/c1-13(12-21-5)18-9-10-22-15-8-6-7-14(11-15)19-16(20)23-17(2,3)4/h6-8,11,13,18H,9-10,12H2,1-5H3,(H,19,20). The minimum atomic E-state index is -0.525. The third-order valence-corrected chi connectivity index (χ3v) is 2.76. The molecule has 0 bridgehead atoms. The van der Waals surface area contributed by atoms with E-state index in [9.17, 15) is 4.79 Å². The van der Waals surface area contributed by atoms with Crippen molar-refractivity contribution in [2.24, 2.45) is 0 Å². The first-order chi connectivity index (χ1) is 10.8. The third-order valence-electron chi connectivity index (χ3n) is 2.76. The molecule has 6 nitrogen and oxygen atoms in total. The number of hydrogen-bond donors (Lipinski definition) is 2. The molecule has 2 N–H and O–H groups in total. The Bertz CT molecular complexity index is 486. The van der Waals surface area contributed by atoms with E-state index in [-0.39, 0.29) is 6.04 Å². The van der Waals surface area contributed by atoms with E-state index in [0.717, 1.165) is 0 Å². The summed E-state index contributed by atoms with van der Waals surface area (Å²) in [7, 11) is 1.68. The molecule has 0 radical (unpaired) electrons. The first kappa shape index (κ1) is 19.3. The second-order valence-electron chi connectivity index (χ2n) is 6.31. The lowest BCUT2D eigenvalue weighted by Crippen LogP contribution is -2.33. The minimum Gasteiger partial charge on any atom is -0.492 e. The number of ether oxygens (including phenoxy) is 3. The molecule has 0 aliphatic carbocycles. The van der Waals surface area contributed by atoms with E-state index in [1.807, 2.05) is 32.9 Å². The van der Waals surface area contributed by atoms with Gasteiger partial charge in [0.1, 0.15) is 18.0 Å². The van der Waals surface area contributed by atoms with Gasteiger partial charge in [-0.2, -0.15) is 0 Å². The fourth-order valence-electron chi connectivity index (χ4n) is 1.87. The van der Waals surface area contributed by atoms with Crippen molar-refractivity contribution in [2.45, 2.75) is 39.3 Å². The van der Waals surface area contributed by atoms with Gasteiger partial charge in [0.15, 0.2) is 0 Å². The highest BCUT2D eigenvalue weighted by molar-refractivity contribution is 5.85. The Morgan fingerprint density at radius 3 is 2.70 bits per heavy atom. The number of amides is 1. The Hall–Kier alpha value is -1.79. The number of benzene rings is 1. The van der Waals surface area contributed by atoms with Gasteiger partial charge in [-0.25, -0.2) is 4.79 Å². The summed E-state index contributed by atoms with van der Waals surface area (Å²) in [6, 6.07) is 7.50. The fourth-order valence-corrected chi connectivity index (χ4v) is 1.87. The predicted molar refractivity (Wildman–Crippen MR) is 91.1 cm³/mol. The largest absolute Gasteiger partial charge is 0.492 e. The SMILES string of the molecule is COCC(C)NCCOc1cccc(NC(=O)OC(C)(C)C)c1. The van der Waals surface area contributed by atoms with Crippen LogP contribution in [0.4, 0.5) is 10.5 Å². The zero-order chi connectivity index (χ0) is 17.3. The van der Waals surface area contributed by atoms with Crippen molar-refractivity contribution in [3.63, 3.8) is 0 Å². The average molecular weight is 324 g/mol. The van der Waals surface area contributed by atoms with Crippen molar-refractivity contribution in [2.75, 3.05) is 32.2 Å². The topological polar surface area (TPSA) is 68.8 Å². The monoisotopic (exact) mass is 324 g/mol. The molecule has 1 aromatic rings. The maximum absolute atomic E-state index is 11.7. The summed E-state index contributed by atoms with van der Waals surface area (Å²) >= 11 is 0. The van der Waals surface area contributed by atoms with Crippen LogP contribution in [0.1, 0.15) is 27.7 Å². The van der Waals surface area contributed by atoms with E-state index in [1.165, 1.54) is 0 Å². The average Bonchev–Trinajstić information content (AvgIpc) is 2.42.